The van der Waals surface area contributed by atoms with Crippen LogP contribution in [0.25, 0.3) is 0 Å². The Morgan fingerprint density at radius 1 is 1.18 bits per heavy atom. The van der Waals surface area contributed by atoms with Gasteiger partial charge in [0.15, 0.2) is 0 Å². The maximum atomic E-state index is 5.57. The van der Waals surface area contributed by atoms with Crippen molar-refractivity contribution in [2.45, 2.75) is 6.42 Å². The first kappa shape index (κ1) is 12.2. The molecule has 2 rings (SSSR count). The highest BCUT2D eigenvalue weighted by atomic mass is 16.5. The predicted octanol–water partition coefficient (Wildman–Crippen LogP) is 1.25. The highest BCUT2D eigenvalue weighted by molar-refractivity contribution is 5.49. The third-order valence-corrected chi connectivity index (χ3v) is 2.83. The summed E-state index contributed by atoms with van der Waals surface area (Å²) in [5.41, 5.74) is 6.65. The summed E-state index contributed by atoms with van der Waals surface area (Å²) in [6, 6.07) is 8.23. The van der Waals surface area contributed by atoms with Gasteiger partial charge in [-0.25, -0.2) is 0 Å². The number of morpholine rings is 1. The van der Waals surface area contributed by atoms with Gasteiger partial charge in [0.2, 0.25) is 0 Å². The molecule has 4 nitrogen and oxygen atoms in total. The van der Waals surface area contributed by atoms with Crippen molar-refractivity contribution in [1.29, 1.82) is 0 Å². The first-order chi connectivity index (χ1) is 8.40. The molecule has 0 radical (unpaired) electrons. The van der Waals surface area contributed by atoms with Crippen LogP contribution in [0, 0.1) is 0 Å². The molecule has 0 bridgehead atoms. The van der Waals surface area contributed by atoms with Crippen molar-refractivity contribution in [3.8, 4) is 5.75 Å². The lowest BCUT2D eigenvalue weighted by atomic mass is 10.2. The number of nitrogens with zero attached hydrogens (tertiary/aromatic N) is 1. The Morgan fingerprint density at radius 2 is 1.88 bits per heavy atom. The van der Waals surface area contributed by atoms with E-state index in [0.717, 1.165) is 38.5 Å². The largest absolute Gasteiger partial charge is 0.494 e. The summed E-state index contributed by atoms with van der Waals surface area (Å²) >= 11 is 0. The van der Waals surface area contributed by atoms with Gasteiger partial charge >= 0.3 is 0 Å². The van der Waals surface area contributed by atoms with E-state index >= 15 is 0 Å². The minimum atomic E-state index is 0.672. The molecule has 1 saturated heterocycles. The Hall–Kier alpha value is -1.26. The number of hydrogen-bond acceptors (Lipinski definition) is 4. The maximum Gasteiger partial charge on any atom is 0.119 e. The molecule has 4 heteroatoms. The number of hydrogen-bond donors (Lipinski definition) is 1. The zero-order valence-electron chi connectivity index (χ0n) is 10.1. The van der Waals surface area contributed by atoms with E-state index in [1.807, 2.05) is 12.1 Å². The number of nitrogens with two attached hydrogens (primary N) is 1. The minimum absolute atomic E-state index is 0.672. The van der Waals surface area contributed by atoms with Crippen LogP contribution in [0.3, 0.4) is 0 Å². The van der Waals surface area contributed by atoms with Gasteiger partial charge in [-0.3, -0.25) is 0 Å². The van der Waals surface area contributed by atoms with Crippen LogP contribution in [0.2, 0.25) is 0 Å². The van der Waals surface area contributed by atoms with E-state index in [9.17, 15) is 0 Å². The summed E-state index contributed by atoms with van der Waals surface area (Å²) in [6.45, 7) is 4.92. The summed E-state index contributed by atoms with van der Waals surface area (Å²) in [7, 11) is 0. The third kappa shape index (κ3) is 3.61. The molecular weight excluding hydrogens is 216 g/mol. The van der Waals surface area contributed by atoms with Gasteiger partial charge in [-0.1, -0.05) is 0 Å². The monoisotopic (exact) mass is 236 g/mol. The molecule has 1 aliphatic rings. The van der Waals surface area contributed by atoms with Gasteiger partial charge in [0.1, 0.15) is 5.75 Å². The highest BCUT2D eigenvalue weighted by Crippen LogP contribution is 2.20. The lowest BCUT2D eigenvalue weighted by Crippen LogP contribution is -2.36. The van der Waals surface area contributed by atoms with E-state index in [0.29, 0.717) is 13.2 Å². The summed E-state index contributed by atoms with van der Waals surface area (Å²) in [4.78, 5) is 2.33. The van der Waals surface area contributed by atoms with Crippen LogP contribution < -0.4 is 15.4 Å². The standard InChI is InChI=1S/C13H20N2O2/c14-6-1-9-17-13-4-2-12(3-5-13)15-7-10-16-11-8-15/h2-5H,1,6-11,14H2. The first-order valence-electron chi connectivity index (χ1n) is 6.16. The fourth-order valence-electron chi connectivity index (χ4n) is 1.85. The molecule has 0 spiro atoms. The van der Waals surface area contributed by atoms with Gasteiger partial charge in [0.25, 0.3) is 0 Å². The molecule has 1 aromatic carbocycles. The molecule has 2 N–H and O–H groups in total. The normalized spacial score (nSPS) is 15.9. The number of ether oxygens (including phenoxy) is 2. The van der Waals surface area contributed by atoms with E-state index in [-0.39, 0.29) is 0 Å². The van der Waals surface area contributed by atoms with Crippen molar-refractivity contribution >= 4 is 5.69 Å². The van der Waals surface area contributed by atoms with Gasteiger partial charge in [-0.05, 0) is 37.2 Å². The molecule has 94 valence electrons. The second kappa shape index (κ2) is 6.47. The van der Waals surface area contributed by atoms with Crippen molar-refractivity contribution < 1.29 is 9.47 Å². The molecule has 0 amide bonds. The number of anilines is 1. The fourth-order valence-corrected chi connectivity index (χ4v) is 1.85. The molecule has 0 saturated carbocycles. The van der Waals surface area contributed by atoms with Crippen LogP contribution in [0.1, 0.15) is 6.42 Å². The molecule has 1 aliphatic heterocycles. The molecule has 1 heterocycles. The van der Waals surface area contributed by atoms with Crippen LogP contribution >= 0.6 is 0 Å². The fraction of sp³-hybridized carbons (Fsp3) is 0.538. The summed E-state index contributed by atoms with van der Waals surface area (Å²) < 4.78 is 10.9. The van der Waals surface area contributed by atoms with Crippen molar-refractivity contribution in [3.05, 3.63) is 24.3 Å². The van der Waals surface area contributed by atoms with Crippen molar-refractivity contribution in [1.82, 2.24) is 0 Å². The average molecular weight is 236 g/mol. The molecule has 0 aromatic heterocycles. The van der Waals surface area contributed by atoms with Crippen LogP contribution in [0.4, 0.5) is 5.69 Å². The lowest BCUT2D eigenvalue weighted by molar-refractivity contribution is 0.122. The topological polar surface area (TPSA) is 47.7 Å². The van der Waals surface area contributed by atoms with Gasteiger partial charge in [0, 0.05) is 18.8 Å². The summed E-state index contributed by atoms with van der Waals surface area (Å²) in [5.74, 6) is 0.912. The first-order valence-corrected chi connectivity index (χ1v) is 6.16. The van der Waals surface area contributed by atoms with E-state index < -0.39 is 0 Å². The quantitative estimate of drug-likeness (QED) is 0.782. The smallest absolute Gasteiger partial charge is 0.119 e. The Morgan fingerprint density at radius 3 is 2.53 bits per heavy atom. The van der Waals surface area contributed by atoms with Crippen molar-refractivity contribution in [2.24, 2.45) is 5.73 Å². The van der Waals surface area contributed by atoms with Crippen LogP contribution in [-0.4, -0.2) is 39.5 Å². The highest BCUT2D eigenvalue weighted by Gasteiger charge is 2.10. The van der Waals surface area contributed by atoms with Gasteiger partial charge in [-0.2, -0.15) is 0 Å². The average Bonchev–Trinajstić information content (AvgIpc) is 2.41. The third-order valence-electron chi connectivity index (χ3n) is 2.83. The van der Waals surface area contributed by atoms with Gasteiger partial charge in [0.05, 0.1) is 19.8 Å². The SMILES string of the molecule is NCCCOc1ccc(N2CCOCC2)cc1. The predicted molar refractivity (Wildman–Crippen MR) is 68.6 cm³/mol. The lowest BCUT2D eigenvalue weighted by Gasteiger charge is -2.28. The molecule has 0 aliphatic carbocycles. The molecule has 0 atom stereocenters. The summed E-state index contributed by atoms with van der Waals surface area (Å²) in [6.07, 6.45) is 0.894. The van der Waals surface area contributed by atoms with E-state index in [2.05, 4.69) is 17.0 Å². The Balaban J connectivity index is 1.88. The molecule has 17 heavy (non-hydrogen) atoms. The second-order valence-corrected chi connectivity index (χ2v) is 4.08. The number of benzene rings is 1. The zero-order chi connectivity index (χ0) is 11.9. The van der Waals surface area contributed by atoms with Crippen molar-refractivity contribution in [3.63, 3.8) is 0 Å². The zero-order valence-corrected chi connectivity index (χ0v) is 10.1. The van der Waals surface area contributed by atoms with Gasteiger partial charge in [-0.15, -0.1) is 0 Å². The van der Waals surface area contributed by atoms with Crippen LogP contribution in [0.5, 0.6) is 5.75 Å². The van der Waals surface area contributed by atoms with E-state index in [4.69, 9.17) is 15.2 Å². The van der Waals surface area contributed by atoms with Crippen LogP contribution in [-0.2, 0) is 4.74 Å². The Bertz CT molecular complexity index is 321. The Kier molecular flexibility index (Phi) is 4.64. The molecular formula is C13H20N2O2. The van der Waals surface area contributed by atoms with E-state index in [1.54, 1.807) is 0 Å². The maximum absolute atomic E-state index is 5.57. The second-order valence-electron chi connectivity index (χ2n) is 4.08. The van der Waals surface area contributed by atoms with E-state index in [1.165, 1.54) is 5.69 Å². The summed E-state index contributed by atoms with van der Waals surface area (Å²) in [5, 5.41) is 0. The Labute approximate surface area is 102 Å². The minimum Gasteiger partial charge on any atom is -0.494 e. The van der Waals surface area contributed by atoms with Gasteiger partial charge < -0.3 is 20.1 Å². The van der Waals surface area contributed by atoms with Crippen LogP contribution in [0.15, 0.2) is 24.3 Å². The molecule has 1 fully saturated rings. The molecule has 1 aromatic rings. The van der Waals surface area contributed by atoms with Crippen molar-refractivity contribution in [2.75, 3.05) is 44.4 Å². The molecule has 0 unspecified atom stereocenters. The number of rotatable bonds is 5.